The first-order chi connectivity index (χ1) is 12.8. The maximum Gasteiger partial charge on any atom is 0.121 e. The molecule has 0 bridgehead atoms. The lowest BCUT2D eigenvalue weighted by Crippen LogP contribution is -2.25. The highest BCUT2D eigenvalue weighted by Gasteiger charge is 2.07. The first kappa shape index (κ1) is 22.9. The molecule has 1 aromatic carbocycles. The summed E-state index contributed by atoms with van der Waals surface area (Å²) in [5, 5.41) is 0. The lowest BCUT2D eigenvalue weighted by molar-refractivity contribution is 0.305. The molecule has 1 rings (SSSR count). The zero-order chi connectivity index (χ0) is 18.9. The molecule has 0 heterocycles. The highest BCUT2D eigenvalue weighted by atomic mass is 16.5. The molecule has 0 amide bonds. The molecule has 0 aliphatic rings. The molecule has 2 nitrogen and oxygen atoms in total. The second-order valence-corrected chi connectivity index (χ2v) is 7.51. The van der Waals surface area contributed by atoms with E-state index in [1.807, 2.05) is 0 Å². The van der Waals surface area contributed by atoms with E-state index in [0.29, 0.717) is 0 Å². The number of hydrogen-bond acceptors (Lipinski definition) is 2. The van der Waals surface area contributed by atoms with Crippen molar-refractivity contribution in [3.63, 3.8) is 0 Å². The molecule has 26 heavy (non-hydrogen) atoms. The Labute approximate surface area is 163 Å². The van der Waals surface area contributed by atoms with E-state index in [1.165, 1.54) is 89.4 Å². The van der Waals surface area contributed by atoms with E-state index in [2.05, 4.69) is 49.9 Å². The van der Waals surface area contributed by atoms with E-state index in [0.717, 1.165) is 18.8 Å². The maximum atomic E-state index is 6.00. The third kappa shape index (κ3) is 10.7. The van der Waals surface area contributed by atoms with Gasteiger partial charge in [0, 0.05) is 24.8 Å². The number of unbranched alkanes of at least 4 members (excludes halogenated alkanes) is 9. The summed E-state index contributed by atoms with van der Waals surface area (Å²) < 4.78 is 6.00. The molecular weight excluding hydrogens is 318 g/mol. The number of benzene rings is 1. The normalized spacial score (nSPS) is 10.9. The van der Waals surface area contributed by atoms with Crippen LogP contribution in [0.1, 0.15) is 97.8 Å². The molecular formula is C24H43NO. The third-order valence-electron chi connectivity index (χ3n) is 5.01. The van der Waals surface area contributed by atoms with Crippen LogP contribution < -0.4 is 9.64 Å². The Morgan fingerprint density at radius 1 is 0.692 bits per heavy atom. The minimum atomic E-state index is 0.844. The zero-order valence-corrected chi connectivity index (χ0v) is 17.8. The number of ether oxygens (including phenoxy) is 1. The van der Waals surface area contributed by atoms with E-state index in [4.69, 9.17) is 4.74 Å². The molecule has 2 heteroatoms. The van der Waals surface area contributed by atoms with Gasteiger partial charge in [-0.05, 0) is 31.4 Å². The third-order valence-corrected chi connectivity index (χ3v) is 5.01. The second kappa shape index (κ2) is 16.0. The van der Waals surface area contributed by atoms with Crippen LogP contribution in [0.3, 0.4) is 0 Å². The van der Waals surface area contributed by atoms with Crippen molar-refractivity contribution in [2.45, 2.75) is 97.8 Å². The van der Waals surface area contributed by atoms with Crippen molar-refractivity contribution in [2.75, 3.05) is 24.6 Å². The smallest absolute Gasteiger partial charge is 0.121 e. The lowest BCUT2D eigenvalue weighted by Gasteiger charge is -2.25. The Bertz CT molecular complexity index is 420. The summed E-state index contributed by atoms with van der Waals surface area (Å²) >= 11 is 0. The van der Waals surface area contributed by atoms with Crippen LogP contribution in [0, 0.1) is 0 Å². The molecule has 0 unspecified atom stereocenters. The van der Waals surface area contributed by atoms with Gasteiger partial charge in [0.2, 0.25) is 0 Å². The Hall–Kier alpha value is -1.18. The molecule has 0 aliphatic heterocycles. The molecule has 0 fully saturated rings. The van der Waals surface area contributed by atoms with Crippen molar-refractivity contribution >= 4 is 5.69 Å². The Kier molecular flexibility index (Phi) is 14.1. The van der Waals surface area contributed by atoms with Crippen LogP contribution in [0.5, 0.6) is 5.75 Å². The summed E-state index contributed by atoms with van der Waals surface area (Å²) in [5.74, 6) is 1.03. The molecule has 0 saturated carbocycles. The monoisotopic (exact) mass is 361 g/mol. The Morgan fingerprint density at radius 2 is 1.27 bits per heavy atom. The van der Waals surface area contributed by atoms with Gasteiger partial charge in [0.05, 0.1) is 6.61 Å². The molecule has 0 spiro atoms. The van der Waals surface area contributed by atoms with E-state index >= 15 is 0 Å². The van der Waals surface area contributed by atoms with Crippen LogP contribution in [-0.2, 0) is 0 Å². The summed E-state index contributed by atoms with van der Waals surface area (Å²) in [4.78, 5) is 2.58. The van der Waals surface area contributed by atoms with Crippen LogP contribution in [0.2, 0.25) is 0 Å². The summed E-state index contributed by atoms with van der Waals surface area (Å²) in [5.41, 5.74) is 1.34. The van der Waals surface area contributed by atoms with E-state index in [-0.39, 0.29) is 0 Å². The minimum Gasteiger partial charge on any atom is -0.494 e. The molecule has 150 valence electrons. The van der Waals surface area contributed by atoms with Crippen molar-refractivity contribution in [1.29, 1.82) is 0 Å². The van der Waals surface area contributed by atoms with Gasteiger partial charge in [0.15, 0.2) is 0 Å². The Balaban J connectivity index is 2.54. The fourth-order valence-corrected chi connectivity index (χ4v) is 3.32. The summed E-state index contributed by atoms with van der Waals surface area (Å²) in [7, 11) is 0. The molecule has 0 N–H and O–H groups in total. The van der Waals surface area contributed by atoms with Gasteiger partial charge in [-0.15, -0.1) is 0 Å². The van der Waals surface area contributed by atoms with Crippen LogP contribution in [0.15, 0.2) is 24.3 Å². The standard InChI is InChI=1S/C24H43NO/c1-4-7-10-13-19-25(20-14-11-8-5-2)23-17-16-18-24(22-23)26-21-15-12-9-6-3/h16-18,22H,4-15,19-21H2,1-3H3. The molecule has 0 atom stereocenters. The van der Waals surface area contributed by atoms with Gasteiger partial charge in [-0.25, -0.2) is 0 Å². The van der Waals surface area contributed by atoms with E-state index in [9.17, 15) is 0 Å². The number of hydrogen-bond donors (Lipinski definition) is 0. The SMILES string of the molecule is CCCCCCOc1cccc(N(CCCCCC)CCCCCC)c1. The van der Waals surface area contributed by atoms with Crippen LogP contribution >= 0.6 is 0 Å². The van der Waals surface area contributed by atoms with Crippen LogP contribution in [0.4, 0.5) is 5.69 Å². The highest BCUT2D eigenvalue weighted by Crippen LogP contribution is 2.23. The molecule has 0 saturated heterocycles. The van der Waals surface area contributed by atoms with Crippen LogP contribution in [-0.4, -0.2) is 19.7 Å². The summed E-state index contributed by atoms with van der Waals surface area (Å²) in [6.07, 6.45) is 15.6. The average Bonchev–Trinajstić information content (AvgIpc) is 2.67. The van der Waals surface area contributed by atoms with Crippen molar-refractivity contribution in [3.8, 4) is 5.75 Å². The van der Waals surface area contributed by atoms with E-state index < -0.39 is 0 Å². The van der Waals surface area contributed by atoms with Gasteiger partial charge >= 0.3 is 0 Å². The number of rotatable bonds is 17. The predicted molar refractivity (Wildman–Crippen MR) is 117 cm³/mol. The van der Waals surface area contributed by atoms with Gasteiger partial charge in [-0.1, -0.05) is 84.6 Å². The molecule has 0 aromatic heterocycles. The van der Waals surface area contributed by atoms with Gasteiger partial charge in [0.25, 0.3) is 0 Å². The zero-order valence-electron chi connectivity index (χ0n) is 17.8. The van der Waals surface area contributed by atoms with Gasteiger partial charge in [-0.2, -0.15) is 0 Å². The van der Waals surface area contributed by atoms with Crippen molar-refractivity contribution < 1.29 is 4.74 Å². The molecule has 0 aliphatic carbocycles. The molecule has 0 radical (unpaired) electrons. The number of nitrogens with zero attached hydrogens (tertiary/aromatic N) is 1. The minimum absolute atomic E-state index is 0.844. The van der Waals surface area contributed by atoms with Crippen molar-refractivity contribution in [1.82, 2.24) is 0 Å². The van der Waals surface area contributed by atoms with Crippen LogP contribution in [0.25, 0.3) is 0 Å². The van der Waals surface area contributed by atoms with Gasteiger partial charge in [-0.3, -0.25) is 0 Å². The lowest BCUT2D eigenvalue weighted by atomic mass is 10.1. The average molecular weight is 362 g/mol. The van der Waals surface area contributed by atoms with Gasteiger partial charge in [0.1, 0.15) is 5.75 Å². The number of anilines is 1. The summed E-state index contributed by atoms with van der Waals surface area (Å²) in [6.45, 7) is 10.0. The fourth-order valence-electron chi connectivity index (χ4n) is 3.32. The second-order valence-electron chi connectivity index (χ2n) is 7.51. The first-order valence-electron chi connectivity index (χ1n) is 11.3. The predicted octanol–water partition coefficient (Wildman–Crippen LogP) is 7.61. The first-order valence-corrected chi connectivity index (χ1v) is 11.3. The highest BCUT2D eigenvalue weighted by molar-refractivity contribution is 5.50. The van der Waals surface area contributed by atoms with Crippen molar-refractivity contribution in [2.24, 2.45) is 0 Å². The molecule has 1 aromatic rings. The van der Waals surface area contributed by atoms with Crippen molar-refractivity contribution in [3.05, 3.63) is 24.3 Å². The van der Waals surface area contributed by atoms with Gasteiger partial charge < -0.3 is 9.64 Å². The van der Waals surface area contributed by atoms with E-state index in [1.54, 1.807) is 0 Å². The maximum absolute atomic E-state index is 6.00. The fraction of sp³-hybridized carbons (Fsp3) is 0.750. The quantitative estimate of drug-likeness (QED) is 0.265. The topological polar surface area (TPSA) is 12.5 Å². The largest absolute Gasteiger partial charge is 0.494 e. The Morgan fingerprint density at radius 3 is 1.85 bits per heavy atom. The summed E-state index contributed by atoms with van der Waals surface area (Å²) in [6, 6.07) is 8.76.